The van der Waals surface area contributed by atoms with Gasteiger partial charge in [-0.05, 0) is 31.6 Å². The van der Waals surface area contributed by atoms with Crippen molar-refractivity contribution >= 4 is 11.8 Å². The van der Waals surface area contributed by atoms with Gasteiger partial charge in [-0.25, -0.2) is 4.39 Å². The molecule has 0 unspecified atom stereocenters. The van der Waals surface area contributed by atoms with Gasteiger partial charge in [0.25, 0.3) is 0 Å². The summed E-state index contributed by atoms with van der Waals surface area (Å²) in [5.41, 5.74) is 1.71. The van der Waals surface area contributed by atoms with Gasteiger partial charge in [0.1, 0.15) is 5.82 Å². The molecule has 0 bridgehead atoms. The van der Waals surface area contributed by atoms with E-state index >= 15 is 0 Å². The topological polar surface area (TPSA) is 32.6 Å². The predicted molar refractivity (Wildman–Crippen MR) is 54.9 cm³/mol. The molecule has 0 atom stereocenters. The molecule has 0 aliphatic rings. The Morgan fingerprint density at radius 1 is 1.36 bits per heavy atom. The molecule has 0 amide bonds. The Kier molecular flexibility index (Phi) is 3.40. The molecule has 0 spiro atoms. The molecule has 0 saturated carbocycles. The van der Waals surface area contributed by atoms with Crippen LogP contribution >= 0.6 is 0 Å². The maximum Gasteiger partial charge on any atom is 0.130 e. The summed E-state index contributed by atoms with van der Waals surface area (Å²) in [4.78, 5) is 0. The Morgan fingerprint density at radius 2 is 2.00 bits per heavy atom. The lowest BCUT2D eigenvalue weighted by atomic mass is 10.1. The highest BCUT2D eigenvalue weighted by atomic mass is 19.1. The van der Waals surface area contributed by atoms with E-state index in [4.69, 9.17) is 5.21 Å². The third-order valence-corrected chi connectivity index (χ3v) is 2.00. The van der Waals surface area contributed by atoms with E-state index in [1.54, 1.807) is 38.1 Å². The summed E-state index contributed by atoms with van der Waals surface area (Å²) in [5.74, 6) is -0.280. The number of hydrogen-bond acceptors (Lipinski definition) is 2. The molecule has 0 saturated heterocycles. The van der Waals surface area contributed by atoms with E-state index < -0.39 is 0 Å². The van der Waals surface area contributed by atoms with E-state index in [1.165, 1.54) is 6.07 Å². The highest BCUT2D eigenvalue weighted by molar-refractivity contribution is 6.01. The number of benzene rings is 1. The average Bonchev–Trinajstić information content (AvgIpc) is 2.20. The molecule has 1 aromatic rings. The van der Waals surface area contributed by atoms with Crippen molar-refractivity contribution in [1.82, 2.24) is 0 Å². The molecule has 0 aromatic heterocycles. The van der Waals surface area contributed by atoms with Crippen molar-refractivity contribution in [1.29, 1.82) is 0 Å². The second-order valence-corrected chi connectivity index (χ2v) is 3.03. The maximum absolute atomic E-state index is 13.2. The Labute approximate surface area is 82.4 Å². The molecule has 1 aromatic carbocycles. The molecule has 0 aliphatic heterocycles. The summed E-state index contributed by atoms with van der Waals surface area (Å²) in [6, 6.07) is 6.45. The lowest BCUT2D eigenvalue weighted by Crippen LogP contribution is -1.93. The van der Waals surface area contributed by atoms with Crippen molar-refractivity contribution in [2.75, 3.05) is 0 Å². The molecule has 14 heavy (non-hydrogen) atoms. The zero-order valence-electron chi connectivity index (χ0n) is 8.16. The van der Waals surface area contributed by atoms with Gasteiger partial charge in [0.05, 0.1) is 5.71 Å². The van der Waals surface area contributed by atoms with Gasteiger partial charge >= 0.3 is 0 Å². The SMILES string of the molecule is CC(=Cc1ccccc1F)C(C)=NO. The highest BCUT2D eigenvalue weighted by Crippen LogP contribution is 2.11. The number of hydrogen-bond donors (Lipinski definition) is 1. The van der Waals surface area contributed by atoms with Gasteiger partial charge in [-0.3, -0.25) is 0 Å². The maximum atomic E-state index is 13.2. The van der Waals surface area contributed by atoms with Crippen LogP contribution in [0, 0.1) is 5.82 Å². The minimum Gasteiger partial charge on any atom is -0.411 e. The van der Waals surface area contributed by atoms with Crippen LogP contribution in [0.5, 0.6) is 0 Å². The Bertz CT molecular complexity index is 383. The van der Waals surface area contributed by atoms with Crippen LogP contribution in [0.2, 0.25) is 0 Å². The van der Waals surface area contributed by atoms with E-state index in [0.29, 0.717) is 11.3 Å². The molecule has 0 fully saturated rings. The number of halogens is 1. The van der Waals surface area contributed by atoms with Gasteiger partial charge in [-0.2, -0.15) is 0 Å². The van der Waals surface area contributed by atoms with Crippen molar-refractivity contribution in [3.8, 4) is 0 Å². The normalized spacial score (nSPS) is 13.1. The van der Waals surface area contributed by atoms with Gasteiger partial charge in [0, 0.05) is 5.56 Å². The van der Waals surface area contributed by atoms with Crippen LogP contribution in [0.4, 0.5) is 4.39 Å². The van der Waals surface area contributed by atoms with Crippen molar-refractivity contribution < 1.29 is 9.60 Å². The van der Waals surface area contributed by atoms with Crippen LogP contribution in [0.25, 0.3) is 6.08 Å². The first kappa shape index (κ1) is 10.4. The van der Waals surface area contributed by atoms with Crippen molar-refractivity contribution in [3.05, 3.63) is 41.2 Å². The van der Waals surface area contributed by atoms with Crippen LogP contribution in [0.3, 0.4) is 0 Å². The molecule has 2 nitrogen and oxygen atoms in total. The van der Waals surface area contributed by atoms with Crippen molar-refractivity contribution in [3.63, 3.8) is 0 Å². The first-order valence-electron chi connectivity index (χ1n) is 4.27. The van der Waals surface area contributed by atoms with Gasteiger partial charge < -0.3 is 5.21 Å². The van der Waals surface area contributed by atoms with Crippen molar-refractivity contribution in [2.45, 2.75) is 13.8 Å². The smallest absolute Gasteiger partial charge is 0.130 e. The summed E-state index contributed by atoms with van der Waals surface area (Å²) in [6.45, 7) is 3.42. The molecule has 0 heterocycles. The Balaban J connectivity index is 3.04. The molecular formula is C11H12FNO. The first-order valence-corrected chi connectivity index (χ1v) is 4.27. The zero-order chi connectivity index (χ0) is 10.6. The number of rotatable bonds is 2. The Hall–Kier alpha value is -1.64. The summed E-state index contributed by atoms with van der Waals surface area (Å²) in [5, 5.41) is 11.5. The first-order chi connectivity index (χ1) is 6.65. The van der Waals surface area contributed by atoms with E-state index in [9.17, 15) is 4.39 Å². The fraction of sp³-hybridized carbons (Fsp3) is 0.182. The molecule has 3 heteroatoms. The van der Waals surface area contributed by atoms with Gasteiger partial charge in [-0.1, -0.05) is 23.4 Å². The predicted octanol–water partition coefficient (Wildman–Crippen LogP) is 3.08. The number of nitrogens with zero attached hydrogens (tertiary/aromatic N) is 1. The third-order valence-electron chi connectivity index (χ3n) is 2.00. The zero-order valence-corrected chi connectivity index (χ0v) is 8.16. The van der Waals surface area contributed by atoms with E-state index in [0.717, 1.165) is 5.57 Å². The standard InChI is InChI=1S/C11H12FNO/c1-8(9(2)13-14)7-10-5-3-4-6-11(10)12/h3-7,14H,1-2H3. The van der Waals surface area contributed by atoms with Crippen LogP contribution < -0.4 is 0 Å². The molecule has 1 N–H and O–H groups in total. The fourth-order valence-corrected chi connectivity index (χ4v) is 1.01. The van der Waals surface area contributed by atoms with Crippen LogP contribution in [0.1, 0.15) is 19.4 Å². The van der Waals surface area contributed by atoms with Gasteiger partial charge in [0.2, 0.25) is 0 Å². The average molecular weight is 193 g/mol. The summed E-state index contributed by atoms with van der Waals surface area (Å²) < 4.78 is 13.2. The molecule has 74 valence electrons. The molecule has 1 rings (SSSR count). The second kappa shape index (κ2) is 4.56. The van der Waals surface area contributed by atoms with Crippen LogP contribution in [-0.4, -0.2) is 10.9 Å². The highest BCUT2D eigenvalue weighted by Gasteiger charge is 1.99. The second-order valence-electron chi connectivity index (χ2n) is 3.03. The molecular weight excluding hydrogens is 181 g/mol. The Morgan fingerprint density at radius 3 is 2.57 bits per heavy atom. The minimum atomic E-state index is -0.280. The van der Waals surface area contributed by atoms with Gasteiger partial charge in [-0.15, -0.1) is 0 Å². The van der Waals surface area contributed by atoms with E-state index in [2.05, 4.69) is 5.16 Å². The van der Waals surface area contributed by atoms with Gasteiger partial charge in [0.15, 0.2) is 0 Å². The number of allylic oxidation sites excluding steroid dienone is 1. The molecule has 0 aliphatic carbocycles. The number of oxime groups is 1. The summed E-state index contributed by atoms with van der Waals surface area (Å²) in [6.07, 6.45) is 1.64. The van der Waals surface area contributed by atoms with E-state index in [1.807, 2.05) is 0 Å². The van der Waals surface area contributed by atoms with Crippen LogP contribution in [-0.2, 0) is 0 Å². The summed E-state index contributed by atoms with van der Waals surface area (Å²) >= 11 is 0. The fourth-order valence-electron chi connectivity index (χ4n) is 1.01. The lowest BCUT2D eigenvalue weighted by Gasteiger charge is -1.99. The lowest BCUT2D eigenvalue weighted by molar-refractivity contribution is 0.319. The largest absolute Gasteiger partial charge is 0.411 e. The third kappa shape index (κ3) is 2.42. The minimum absolute atomic E-state index is 0.280. The monoisotopic (exact) mass is 193 g/mol. The quantitative estimate of drug-likeness (QED) is 0.437. The molecule has 0 radical (unpaired) electrons. The summed E-state index contributed by atoms with van der Waals surface area (Å²) in [7, 11) is 0. The van der Waals surface area contributed by atoms with Crippen molar-refractivity contribution in [2.24, 2.45) is 5.16 Å². The van der Waals surface area contributed by atoms with Crippen LogP contribution in [0.15, 0.2) is 35.0 Å². The van der Waals surface area contributed by atoms with E-state index in [-0.39, 0.29) is 5.82 Å².